The molecule has 0 radical (unpaired) electrons. The number of thiazole rings is 1. The van der Waals surface area contributed by atoms with Crippen LogP contribution in [0.2, 0.25) is 0 Å². The Kier molecular flexibility index (Phi) is 4.19. The van der Waals surface area contributed by atoms with Gasteiger partial charge in [0.25, 0.3) is 5.91 Å². The molecule has 0 spiro atoms. The quantitative estimate of drug-likeness (QED) is 0.938. The molecule has 0 aliphatic rings. The highest BCUT2D eigenvalue weighted by molar-refractivity contribution is 9.10. The van der Waals surface area contributed by atoms with E-state index in [1.54, 1.807) is 17.4 Å². The van der Waals surface area contributed by atoms with E-state index in [4.69, 9.17) is 4.42 Å². The Balaban J connectivity index is 1.87. The molecule has 0 atom stereocenters. The SMILES string of the molecule is Cc1nc(CCNC(=O)c2oc(Br)cc2C)cs1. The van der Waals surface area contributed by atoms with Gasteiger partial charge >= 0.3 is 0 Å². The molecule has 6 heteroatoms. The van der Waals surface area contributed by atoms with E-state index in [0.717, 1.165) is 22.7 Å². The summed E-state index contributed by atoms with van der Waals surface area (Å²) in [6.45, 7) is 4.36. The standard InChI is InChI=1S/C12H13BrN2O2S/c1-7-5-10(13)17-11(7)12(16)14-4-3-9-6-18-8(2)15-9/h5-6H,3-4H2,1-2H3,(H,14,16). The van der Waals surface area contributed by atoms with Gasteiger partial charge in [-0.05, 0) is 35.8 Å². The summed E-state index contributed by atoms with van der Waals surface area (Å²) in [6.07, 6.45) is 0.733. The maximum Gasteiger partial charge on any atom is 0.287 e. The molecule has 0 fully saturated rings. The lowest BCUT2D eigenvalue weighted by atomic mass is 10.2. The van der Waals surface area contributed by atoms with Crippen LogP contribution in [-0.2, 0) is 6.42 Å². The summed E-state index contributed by atoms with van der Waals surface area (Å²) in [5.41, 5.74) is 1.83. The van der Waals surface area contributed by atoms with Gasteiger partial charge in [-0.1, -0.05) is 0 Å². The van der Waals surface area contributed by atoms with E-state index >= 15 is 0 Å². The molecule has 2 aromatic rings. The van der Waals surface area contributed by atoms with Crippen molar-refractivity contribution in [1.82, 2.24) is 10.3 Å². The number of nitrogens with one attached hydrogen (secondary N) is 1. The van der Waals surface area contributed by atoms with Gasteiger partial charge in [0, 0.05) is 23.9 Å². The fourth-order valence-electron chi connectivity index (χ4n) is 1.58. The predicted molar refractivity (Wildman–Crippen MR) is 74.0 cm³/mol. The van der Waals surface area contributed by atoms with Gasteiger partial charge in [0.2, 0.25) is 0 Å². The fraction of sp³-hybridized carbons (Fsp3) is 0.333. The molecule has 2 heterocycles. The smallest absolute Gasteiger partial charge is 0.287 e. The average molecular weight is 329 g/mol. The van der Waals surface area contributed by atoms with Crippen LogP contribution in [0.3, 0.4) is 0 Å². The number of rotatable bonds is 4. The molecule has 96 valence electrons. The van der Waals surface area contributed by atoms with Crippen molar-refractivity contribution in [2.75, 3.05) is 6.54 Å². The molecule has 0 unspecified atom stereocenters. The Hall–Kier alpha value is -1.14. The number of hydrogen-bond acceptors (Lipinski definition) is 4. The van der Waals surface area contributed by atoms with Crippen LogP contribution in [0.5, 0.6) is 0 Å². The van der Waals surface area contributed by atoms with Crippen LogP contribution in [0, 0.1) is 13.8 Å². The molecule has 0 saturated heterocycles. The zero-order valence-electron chi connectivity index (χ0n) is 10.1. The minimum absolute atomic E-state index is 0.190. The number of carbonyl (C=O) groups excluding carboxylic acids is 1. The highest BCUT2D eigenvalue weighted by Crippen LogP contribution is 2.19. The van der Waals surface area contributed by atoms with Crippen molar-refractivity contribution < 1.29 is 9.21 Å². The maximum absolute atomic E-state index is 11.8. The molecule has 1 amide bonds. The minimum Gasteiger partial charge on any atom is -0.444 e. The lowest BCUT2D eigenvalue weighted by Crippen LogP contribution is -2.25. The van der Waals surface area contributed by atoms with E-state index in [-0.39, 0.29) is 5.91 Å². The lowest BCUT2D eigenvalue weighted by Gasteiger charge is -2.02. The number of furan rings is 1. The molecule has 0 aliphatic heterocycles. The first-order chi connectivity index (χ1) is 8.56. The molecule has 0 aliphatic carbocycles. The van der Waals surface area contributed by atoms with Crippen molar-refractivity contribution in [1.29, 1.82) is 0 Å². The number of nitrogens with zero attached hydrogens (tertiary/aromatic N) is 1. The third kappa shape index (κ3) is 3.20. The van der Waals surface area contributed by atoms with E-state index < -0.39 is 0 Å². The van der Waals surface area contributed by atoms with E-state index in [1.807, 2.05) is 19.2 Å². The van der Waals surface area contributed by atoms with Gasteiger partial charge in [0.1, 0.15) is 0 Å². The van der Waals surface area contributed by atoms with Crippen LogP contribution in [0.25, 0.3) is 0 Å². The molecule has 4 nitrogen and oxygen atoms in total. The van der Waals surface area contributed by atoms with Crippen molar-refractivity contribution >= 4 is 33.2 Å². The van der Waals surface area contributed by atoms with Crippen LogP contribution in [0.15, 0.2) is 20.5 Å². The molecule has 0 aromatic carbocycles. The van der Waals surface area contributed by atoms with Crippen molar-refractivity contribution in [3.05, 3.63) is 38.1 Å². The average Bonchev–Trinajstić information content (AvgIpc) is 2.85. The van der Waals surface area contributed by atoms with E-state index in [0.29, 0.717) is 17.0 Å². The lowest BCUT2D eigenvalue weighted by molar-refractivity contribution is 0.0924. The van der Waals surface area contributed by atoms with Crippen molar-refractivity contribution in [3.8, 4) is 0 Å². The molecular formula is C12H13BrN2O2S. The third-order valence-electron chi connectivity index (χ3n) is 2.43. The van der Waals surface area contributed by atoms with Gasteiger partial charge in [-0.2, -0.15) is 0 Å². The van der Waals surface area contributed by atoms with E-state index in [1.165, 1.54) is 0 Å². The van der Waals surface area contributed by atoms with Crippen LogP contribution >= 0.6 is 27.3 Å². The van der Waals surface area contributed by atoms with Crippen molar-refractivity contribution in [2.24, 2.45) is 0 Å². The summed E-state index contributed by atoms with van der Waals surface area (Å²) in [5, 5.41) is 5.88. The summed E-state index contributed by atoms with van der Waals surface area (Å²) in [4.78, 5) is 16.2. The number of hydrogen-bond donors (Lipinski definition) is 1. The molecular weight excluding hydrogens is 316 g/mol. The normalized spacial score (nSPS) is 10.6. The van der Waals surface area contributed by atoms with Gasteiger partial charge in [-0.3, -0.25) is 4.79 Å². The van der Waals surface area contributed by atoms with Gasteiger partial charge in [0.15, 0.2) is 10.4 Å². The topological polar surface area (TPSA) is 55.1 Å². The highest BCUT2D eigenvalue weighted by atomic mass is 79.9. The second-order valence-electron chi connectivity index (χ2n) is 3.93. The van der Waals surface area contributed by atoms with Gasteiger partial charge in [-0.25, -0.2) is 4.98 Å². The number of carbonyl (C=O) groups is 1. The molecule has 0 saturated carbocycles. The summed E-state index contributed by atoms with van der Waals surface area (Å²) < 4.78 is 5.84. The second-order valence-corrected chi connectivity index (χ2v) is 5.77. The van der Waals surface area contributed by atoms with Crippen molar-refractivity contribution in [3.63, 3.8) is 0 Å². The van der Waals surface area contributed by atoms with Crippen LogP contribution in [0.1, 0.15) is 26.8 Å². The zero-order valence-corrected chi connectivity index (χ0v) is 12.5. The molecule has 2 aromatic heterocycles. The van der Waals surface area contributed by atoms with Gasteiger partial charge in [0.05, 0.1) is 10.7 Å². The second kappa shape index (κ2) is 5.67. The first kappa shape index (κ1) is 13.3. The third-order valence-corrected chi connectivity index (χ3v) is 3.64. The monoisotopic (exact) mass is 328 g/mol. The fourth-order valence-corrected chi connectivity index (χ4v) is 2.73. The number of amides is 1. The maximum atomic E-state index is 11.8. The van der Waals surface area contributed by atoms with Gasteiger partial charge in [-0.15, -0.1) is 11.3 Å². The first-order valence-corrected chi connectivity index (χ1v) is 7.18. The summed E-state index contributed by atoms with van der Waals surface area (Å²) >= 11 is 4.82. The van der Waals surface area contributed by atoms with E-state index in [2.05, 4.69) is 26.2 Å². The van der Waals surface area contributed by atoms with Gasteiger partial charge < -0.3 is 9.73 Å². The molecule has 18 heavy (non-hydrogen) atoms. The Bertz CT molecular complexity index is 562. The minimum atomic E-state index is -0.190. The summed E-state index contributed by atoms with van der Waals surface area (Å²) in [5.74, 6) is 0.168. The first-order valence-electron chi connectivity index (χ1n) is 5.51. The Morgan fingerprint density at radius 3 is 2.89 bits per heavy atom. The van der Waals surface area contributed by atoms with Crippen LogP contribution in [0.4, 0.5) is 0 Å². The van der Waals surface area contributed by atoms with Crippen molar-refractivity contribution in [2.45, 2.75) is 20.3 Å². The van der Waals surface area contributed by atoms with Crippen LogP contribution < -0.4 is 5.32 Å². The van der Waals surface area contributed by atoms with E-state index in [9.17, 15) is 4.79 Å². The largest absolute Gasteiger partial charge is 0.444 e. The molecule has 1 N–H and O–H groups in total. The Labute approximate surface area is 118 Å². The predicted octanol–water partition coefficient (Wildman–Crippen LogP) is 3.09. The molecule has 0 bridgehead atoms. The number of halogens is 1. The summed E-state index contributed by atoms with van der Waals surface area (Å²) in [6, 6.07) is 1.78. The number of aromatic nitrogens is 1. The highest BCUT2D eigenvalue weighted by Gasteiger charge is 2.14. The Morgan fingerprint density at radius 1 is 1.56 bits per heavy atom. The van der Waals surface area contributed by atoms with Crippen LogP contribution in [-0.4, -0.2) is 17.4 Å². The summed E-state index contributed by atoms with van der Waals surface area (Å²) in [7, 11) is 0. The number of aryl methyl sites for hydroxylation is 2. The Morgan fingerprint density at radius 2 is 2.33 bits per heavy atom. The molecule has 2 rings (SSSR count). The zero-order chi connectivity index (χ0) is 13.1.